The summed E-state index contributed by atoms with van der Waals surface area (Å²) in [5.41, 5.74) is 0.127. The Hall–Kier alpha value is -0.570. The number of amides is 1. The molecule has 2 N–H and O–H groups in total. The Bertz CT molecular complexity index is 489. The molecule has 2 heterocycles. The molecule has 0 spiro atoms. The van der Waals surface area contributed by atoms with E-state index in [1.165, 1.54) is 25.9 Å². The van der Waals surface area contributed by atoms with Gasteiger partial charge in [0.15, 0.2) is 5.96 Å². The van der Waals surface area contributed by atoms with E-state index >= 15 is 0 Å². The van der Waals surface area contributed by atoms with Crippen molar-refractivity contribution in [3.8, 4) is 0 Å². The topological polar surface area (TPSA) is 60.0 Å². The van der Waals surface area contributed by atoms with Gasteiger partial charge in [-0.15, -0.1) is 24.0 Å². The van der Waals surface area contributed by atoms with E-state index in [0.717, 1.165) is 44.4 Å². The smallest absolute Gasteiger partial charge is 0.220 e. The van der Waals surface area contributed by atoms with Crippen LogP contribution < -0.4 is 10.6 Å². The number of aliphatic imine (C=N–C) groups is 1. The monoisotopic (exact) mass is 493 g/mol. The Kier molecular flexibility index (Phi) is 10.4. The molecule has 27 heavy (non-hydrogen) atoms. The molecule has 158 valence electrons. The van der Waals surface area contributed by atoms with Gasteiger partial charge in [0.25, 0.3) is 0 Å². The van der Waals surface area contributed by atoms with Crippen LogP contribution in [0.3, 0.4) is 0 Å². The molecule has 0 aromatic heterocycles. The number of rotatable bonds is 5. The number of guanidine groups is 1. The molecule has 2 rings (SSSR count). The maximum absolute atomic E-state index is 11.6. The predicted molar refractivity (Wildman–Crippen MR) is 124 cm³/mol. The van der Waals surface area contributed by atoms with Gasteiger partial charge in [0.05, 0.1) is 0 Å². The average Bonchev–Trinajstić information content (AvgIpc) is 2.63. The molecule has 2 aliphatic heterocycles. The van der Waals surface area contributed by atoms with Gasteiger partial charge in [0.1, 0.15) is 0 Å². The lowest BCUT2D eigenvalue weighted by Gasteiger charge is -2.44. The summed E-state index contributed by atoms with van der Waals surface area (Å²) in [7, 11) is 3.59. The van der Waals surface area contributed by atoms with Crippen molar-refractivity contribution in [2.75, 3.05) is 46.8 Å². The fourth-order valence-electron chi connectivity index (χ4n) is 4.19. The average molecular weight is 493 g/mol. The summed E-state index contributed by atoms with van der Waals surface area (Å²) in [4.78, 5) is 21.0. The zero-order valence-corrected chi connectivity index (χ0v) is 20.2. The Morgan fingerprint density at radius 1 is 1.19 bits per heavy atom. The van der Waals surface area contributed by atoms with Gasteiger partial charge in [0, 0.05) is 52.2 Å². The highest BCUT2D eigenvalue weighted by Crippen LogP contribution is 2.24. The minimum atomic E-state index is 0. The highest BCUT2D eigenvalue weighted by molar-refractivity contribution is 14.0. The minimum Gasteiger partial charge on any atom is -0.359 e. The summed E-state index contributed by atoms with van der Waals surface area (Å²) < 4.78 is 0. The van der Waals surface area contributed by atoms with E-state index in [0.29, 0.717) is 12.3 Å². The molecule has 0 aliphatic carbocycles. The highest BCUT2D eigenvalue weighted by Gasteiger charge is 2.31. The molecule has 2 saturated heterocycles. The molecule has 2 fully saturated rings. The maximum Gasteiger partial charge on any atom is 0.220 e. The van der Waals surface area contributed by atoms with E-state index in [1.807, 2.05) is 7.05 Å². The third-order valence-electron chi connectivity index (χ3n) is 6.07. The first-order valence-corrected chi connectivity index (χ1v) is 10.3. The van der Waals surface area contributed by atoms with Gasteiger partial charge in [-0.2, -0.15) is 0 Å². The minimum absolute atomic E-state index is 0. The quantitative estimate of drug-likeness (QED) is 0.351. The van der Waals surface area contributed by atoms with E-state index in [9.17, 15) is 4.79 Å². The summed E-state index contributed by atoms with van der Waals surface area (Å²) in [6.45, 7) is 12.3. The molecule has 0 radical (unpaired) electrons. The van der Waals surface area contributed by atoms with Crippen LogP contribution >= 0.6 is 24.0 Å². The first kappa shape index (κ1) is 24.5. The Labute approximate surface area is 182 Å². The second-order valence-electron chi connectivity index (χ2n) is 8.71. The van der Waals surface area contributed by atoms with Gasteiger partial charge in [-0.3, -0.25) is 14.7 Å². The van der Waals surface area contributed by atoms with E-state index in [1.54, 1.807) is 7.05 Å². The van der Waals surface area contributed by atoms with Crippen molar-refractivity contribution in [1.29, 1.82) is 0 Å². The number of nitrogens with zero attached hydrogens (tertiary/aromatic N) is 3. The largest absolute Gasteiger partial charge is 0.359 e. The van der Waals surface area contributed by atoms with E-state index in [-0.39, 0.29) is 35.4 Å². The first-order chi connectivity index (χ1) is 12.4. The van der Waals surface area contributed by atoms with Crippen LogP contribution in [0.1, 0.15) is 52.9 Å². The summed E-state index contributed by atoms with van der Waals surface area (Å²) in [6, 6.07) is 0. The number of nitrogens with one attached hydrogen (secondary N) is 2. The molecule has 1 amide bonds. The van der Waals surface area contributed by atoms with Gasteiger partial charge in [-0.25, -0.2) is 0 Å². The van der Waals surface area contributed by atoms with Crippen LogP contribution in [0.2, 0.25) is 0 Å². The lowest BCUT2D eigenvalue weighted by Crippen LogP contribution is -2.56. The number of hydrogen-bond donors (Lipinski definition) is 2. The van der Waals surface area contributed by atoms with Crippen molar-refractivity contribution >= 4 is 35.8 Å². The summed E-state index contributed by atoms with van der Waals surface area (Å²) in [6.07, 6.45) is 5.42. The number of halogens is 1. The summed E-state index contributed by atoms with van der Waals surface area (Å²) >= 11 is 0. The Morgan fingerprint density at radius 2 is 1.85 bits per heavy atom. The van der Waals surface area contributed by atoms with E-state index in [4.69, 9.17) is 0 Å². The van der Waals surface area contributed by atoms with Crippen molar-refractivity contribution < 1.29 is 4.79 Å². The maximum atomic E-state index is 11.6. The van der Waals surface area contributed by atoms with Crippen LogP contribution in [0.4, 0.5) is 0 Å². The van der Waals surface area contributed by atoms with Gasteiger partial charge in [-0.05, 0) is 57.9 Å². The number of hydrogen-bond acceptors (Lipinski definition) is 3. The van der Waals surface area contributed by atoms with Crippen molar-refractivity contribution in [2.24, 2.45) is 16.8 Å². The molecule has 1 unspecified atom stereocenters. The fraction of sp³-hybridized carbons (Fsp3) is 0.900. The molecule has 7 heteroatoms. The van der Waals surface area contributed by atoms with Crippen molar-refractivity contribution in [2.45, 2.75) is 58.4 Å². The number of piperidine rings is 2. The fourth-order valence-corrected chi connectivity index (χ4v) is 4.19. The second-order valence-corrected chi connectivity index (χ2v) is 8.71. The van der Waals surface area contributed by atoms with E-state index < -0.39 is 0 Å². The van der Waals surface area contributed by atoms with Crippen LogP contribution in [0.15, 0.2) is 4.99 Å². The number of carbonyl (C=O) groups is 1. The van der Waals surface area contributed by atoms with Crippen LogP contribution in [0.5, 0.6) is 0 Å². The van der Waals surface area contributed by atoms with Crippen LogP contribution in [-0.4, -0.2) is 74.0 Å². The molecular weight excluding hydrogens is 453 g/mol. The standard InChI is InChI=1S/C20H39N5O.HI/c1-16-7-6-10-25(14-16)20(2,3)15-23-19(22-5)24-11-8-17(9-12-24)13-18(26)21-4;/h16-17H,6-15H2,1-5H3,(H,21,26)(H,22,23);1H. The Morgan fingerprint density at radius 3 is 2.41 bits per heavy atom. The molecule has 0 aromatic rings. The third kappa shape index (κ3) is 7.40. The molecular formula is C20H40IN5O. The SMILES string of the molecule is CN=C(NCC(C)(C)N1CCCC(C)C1)N1CCC(CC(=O)NC)CC1.I. The van der Waals surface area contributed by atoms with Crippen molar-refractivity contribution in [1.82, 2.24) is 20.4 Å². The zero-order chi connectivity index (χ0) is 19.2. The van der Waals surface area contributed by atoms with Gasteiger partial charge in [-0.1, -0.05) is 6.92 Å². The number of likely N-dealkylation sites (tertiary alicyclic amines) is 2. The number of carbonyl (C=O) groups excluding carboxylic acids is 1. The lowest BCUT2D eigenvalue weighted by molar-refractivity contribution is -0.121. The molecule has 0 saturated carbocycles. The van der Waals surface area contributed by atoms with Crippen LogP contribution in [0, 0.1) is 11.8 Å². The molecule has 0 aromatic carbocycles. The van der Waals surface area contributed by atoms with E-state index in [2.05, 4.69) is 46.2 Å². The van der Waals surface area contributed by atoms with Gasteiger partial charge < -0.3 is 15.5 Å². The summed E-state index contributed by atoms with van der Waals surface area (Å²) in [5.74, 6) is 2.45. The van der Waals surface area contributed by atoms with Gasteiger partial charge >= 0.3 is 0 Å². The normalized spacial score (nSPS) is 22.9. The van der Waals surface area contributed by atoms with Crippen molar-refractivity contribution in [3.05, 3.63) is 0 Å². The summed E-state index contributed by atoms with van der Waals surface area (Å²) in [5, 5.41) is 6.35. The molecule has 6 nitrogen and oxygen atoms in total. The first-order valence-electron chi connectivity index (χ1n) is 10.3. The lowest BCUT2D eigenvalue weighted by atomic mass is 9.93. The molecule has 1 atom stereocenters. The second kappa shape index (κ2) is 11.4. The molecule has 2 aliphatic rings. The Balaban J connectivity index is 0.00000364. The van der Waals surface area contributed by atoms with Gasteiger partial charge in [0.2, 0.25) is 5.91 Å². The van der Waals surface area contributed by atoms with Crippen LogP contribution in [-0.2, 0) is 4.79 Å². The molecule has 0 bridgehead atoms. The third-order valence-corrected chi connectivity index (χ3v) is 6.07. The zero-order valence-electron chi connectivity index (χ0n) is 17.9. The van der Waals surface area contributed by atoms with Crippen molar-refractivity contribution in [3.63, 3.8) is 0 Å². The highest BCUT2D eigenvalue weighted by atomic mass is 127. The van der Waals surface area contributed by atoms with Crippen LogP contribution in [0.25, 0.3) is 0 Å². The predicted octanol–water partition coefficient (Wildman–Crippen LogP) is 2.54.